The maximum absolute atomic E-state index is 13.1. The Morgan fingerprint density at radius 3 is 1.95 bits per heavy atom. The first-order valence-electron chi connectivity index (χ1n) is 6.86. The zero-order chi connectivity index (χ0) is 17.0. The van der Waals surface area contributed by atoms with Crippen LogP contribution in [0.5, 0.6) is 0 Å². The van der Waals surface area contributed by atoms with E-state index in [4.69, 9.17) is 0 Å². The summed E-state index contributed by atoms with van der Waals surface area (Å²) in [5, 5.41) is 13.2. The number of Topliss-reactive ketones (excluding diaryl/α,β-unsaturated/α-hetero) is 1. The van der Waals surface area contributed by atoms with E-state index in [-0.39, 0.29) is 18.3 Å². The standard InChI is InChI=1S/C13H23F3N2O3/c1-7(2)6-10(19)11(18(20)21)12(13(14,15)16)17-9(5)8(3)4/h7-9,11-12,17H,6H2,1-5H3/t9-,11-,12+/m1/s1. The average Bonchev–Trinajstić information content (AvgIpc) is 2.24. The predicted octanol–water partition coefficient (Wildman–Crippen LogP) is 2.81. The zero-order valence-corrected chi connectivity index (χ0v) is 12.9. The molecule has 0 spiro atoms. The number of ketones is 1. The van der Waals surface area contributed by atoms with Gasteiger partial charge in [-0.25, -0.2) is 0 Å². The quantitative estimate of drug-likeness (QED) is 0.552. The molecule has 0 aliphatic rings. The lowest BCUT2D eigenvalue weighted by molar-refractivity contribution is -0.519. The number of hydrogen-bond donors (Lipinski definition) is 1. The van der Waals surface area contributed by atoms with Gasteiger partial charge in [0.25, 0.3) is 6.04 Å². The van der Waals surface area contributed by atoms with Crippen LogP contribution in [0.4, 0.5) is 13.2 Å². The van der Waals surface area contributed by atoms with E-state index in [0.29, 0.717) is 0 Å². The fourth-order valence-electron chi connectivity index (χ4n) is 1.79. The second-order valence-corrected chi connectivity index (χ2v) is 6.01. The van der Waals surface area contributed by atoms with Crippen molar-refractivity contribution >= 4 is 5.78 Å². The van der Waals surface area contributed by atoms with Crippen molar-refractivity contribution < 1.29 is 22.9 Å². The smallest absolute Gasteiger partial charge is 0.297 e. The first-order chi connectivity index (χ1) is 9.37. The van der Waals surface area contributed by atoms with Gasteiger partial charge in [-0.2, -0.15) is 13.2 Å². The summed E-state index contributed by atoms with van der Waals surface area (Å²) in [4.78, 5) is 21.7. The van der Waals surface area contributed by atoms with Crippen LogP contribution < -0.4 is 5.32 Å². The number of nitrogens with one attached hydrogen (secondary N) is 1. The van der Waals surface area contributed by atoms with Gasteiger partial charge < -0.3 is 0 Å². The summed E-state index contributed by atoms with van der Waals surface area (Å²) < 4.78 is 39.4. The third-order valence-electron chi connectivity index (χ3n) is 3.28. The minimum Gasteiger partial charge on any atom is -0.297 e. The van der Waals surface area contributed by atoms with E-state index in [0.717, 1.165) is 0 Å². The van der Waals surface area contributed by atoms with Crippen molar-refractivity contribution in [3.8, 4) is 0 Å². The van der Waals surface area contributed by atoms with Gasteiger partial charge in [-0.1, -0.05) is 27.7 Å². The first kappa shape index (κ1) is 19.8. The van der Waals surface area contributed by atoms with Crippen molar-refractivity contribution in [3.05, 3.63) is 10.1 Å². The molecule has 0 bridgehead atoms. The zero-order valence-electron chi connectivity index (χ0n) is 12.9. The highest BCUT2D eigenvalue weighted by atomic mass is 19.4. The molecule has 0 aliphatic carbocycles. The second kappa shape index (κ2) is 7.72. The van der Waals surface area contributed by atoms with Crippen molar-refractivity contribution in [2.45, 2.75) is 65.3 Å². The van der Waals surface area contributed by atoms with E-state index in [2.05, 4.69) is 5.32 Å². The van der Waals surface area contributed by atoms with Crippen LogP contribution in [-0.2, 0) is 4.79 Å². The van der Waals surface area contributed by atoms with Crippen molar-refractivity contribution in [1.29, 1.82) is 0 Å². The maximum Gasteiger partial charge on any atom is 0.411 e. The van der Waals surface area contributed by atoms with Crippen LogP contribution in [0, 0.1) is 22.0 Å². The van der Waals surface area contributed by atoms with E-state index in [1.165, 1.54) is 6.92 Å². The minimum absolute atomic E-state index is 0.151. The summed E-state index contributed by atoms with van der Waals surface area (Å²) in [5.74, 6) is -1.39. The predicted molar refractivity (Wildman–Crippen MR) is 72.5 cm³/mol. The summed E-state index contributed by atoms with van der Waals surface area (Å²) in [5.41, 5.74) is 0. The number of carbonyl (C=O) groups excluding carboxylic acids is 1. The number of alkyl halides is 3. The minimum atomic E-state index is -4.87. The summed E-state index contributed by atoms with van der Waals surface area (Å²) in [6.45, 7) is 8.15. The number of rotatable bonds is 8. The molecule has 0 rings (SSSR count). The molecule has 0 aliphatic heterocycles. The van der Waals surface area contributed by atoms with Gasteiger partial charge in [-0.05, 0) is 18.8 Å². The SMILES string of the molecule is CC(C)CC(=O)[C@H]([C@H](N[C@H](C)C(C)C)C(F)(F)F)[N+](=O)[O-]. The van der Waals surface area contributed by atoms with Crippen molar-refractivity contribution in [2.24, 2.45) is 11.8 Å². The van der Waals surface area contributed by atoms with Crippen LogP contribution in [0.2, 0.25) is 0 Å². The monoisotopic (exact) mass is 312 g/mol. The molecule has 0 amide bonds. The fourth-order valence-corrected chi connectivity index (χ4v) is 1.79. The number of carbonyl (C=O) groups is 1. The van der Waals surface area contributed by atoms with E-state index < -0.39 is 35.0 Å². The molecular formula is C13H23F3N2O3. The number of halogens is 3. The van der Waals surface area contributed by atoms with Crippen LogP contribution in [-0.4, -0.2) is 35.0 Å². The molecule has 0 saturated carbocycles. The van der Waals surface area contributed by atoms with Gasteiger partial charge in [0.2, 0.25) is 5.78 Å². The lowest BCUT2D eigenvalue weighted by atomic mass is 9.95. The van der Waals surface area contributed by atoms with E-state index in [1.807, 2.05) is 0 Å². The Morgan fingerprint density at radius 2 is 1.67 bits per heavy atom. The Labute approximate surface area is 122 Å². The van der Waals surface area contributed by atoms with Crippen molar-refractivity contribution in [2.75, 3.05) is 0 Å². The van der Waals surface area contributed by atoms with Crippen LogP contribution >= 0.6 is 0 Å². The number of nitro groups is 1. The Hall–Kier alpha value is -1.18. The van der Waals surface area contributed by atoms with Crippen molar-refractivity contribution in [3.63, 3.8) is 0 Å². The maximum atomic E-state index is 13.1. The Kier molecular flexibility index (Phi) is 7.29. The molecule has 0 aromatic heterocycles. The normalized spacial score (nSPS) is 16.9. The molecule has 8 heteroatoms. The second-order valence-electron chi connectivity index (χ2n) is 6.01. The molecule has 1 N–H and O–H groups in total. The Balaban J connectivity index is 5.41. The van der Waals surface area contributed by atoms with Gasteiger partial charge in [0.15, 0.2) is 6.04 Å². The summed E-state index contributed by atoms with van der Waals surface area (Å²) >= 11 is 0. The summed E-state index contributed by atoms with van der Waals surface area (Å²) in [6, 6.07) is -5.39. The van der Waals surface area contributed by atoms with E-state index >= 15 is 0 Å². The van der Waals surface area contributed by atoms with E-state index in [1.54, 1.807) is 27.7 Å². The molecule has 5 nitrogen and oxygen atoms in total. The van der Waals surface area contributed by atoms with Crippen LogP contribution in [0.3, 0.4) is 0 Å². The van der Waals surface area contributed by atoms with Crippen LogP contribution in [0.1, 0.15) is 41.0 Å². The number of nitrogens with zero attached hydrogens (tertiary/aromatic N) is 1. The van der Waals surface area contributed by atoms with Gasteiger partial charge in [-0.15, -0.1) is 0 Å². The van der Waals surface area contributed by atoms with Crippen LogP contribution in [0.25, 0.3) is 0 Å². The largest absolute Gasteiger partial charge is 0.411 e. The van der Waals surface area contributed by atoms with E-state index in [9.17, 15) is 28.1 Å². The molecule has 0 aromatic carbocycles. The topological polar surface area (TPSA) is 72.2 Å². The average molecular weight is 312 g/mol. The summed E-state index contributed by atoms with van der Waals surface area (Å²) in [6.07, 6.45) is -5.12. The van der Waals surface area contributed by atoms with Gasteiger partial charge in [-0.3, -0.25) is 20.2 Å². The van der Waals surface area contributed by atoms with Crippen molar-refractivity contribution in [1.82, 2.24) is 5.32 Å². The third-order valence-corrected chi connectivity index (χ3v) is 3.28. The number of hydrogen-bond acceptors (Lipinski definition) is 4. The van der Waals surface area contributed by atoms with Gasteiger partial charge in [0, 0.05) is 17.4 Å². The Bertz CT molecular complexity index is 370. The first-order valence-corrected chi connectivity index (χ1v) is 6.86. The highest BCUT2D eigenvalue weighted by Gasteiger charge is 2.54. The molecule has 0 unspecified atom stereocenters. The highest BCUT2D eigenvalue weighted by molar-refractivity contribution is 5.83. The third kappa shape index (κ3) is 6.41. The molecule has 0 saturated heterocycles. The molecule has 0 fully saturated rings. The molecule has 0 heterocycles. The summed E-state index contributed by atoms with van der Waals surface area (Å²) in [7, 11) is 0. The lowest BCUT2D eigenvalue weighted by Crippen LogP contribution is -2.59. The molecule has 124 valence electrons. The fraction of sp³-hybridized carbons (Fsp3) is 0.923. The van der Waals surface area contributed by atoms with Gasteiger partial charge >= 0.3 is 6.18 Å². The molecule has 0 radical (unpaired) electrons. The lowest BCUT2D eigenvalue weighted by Gasteiger charge is -2.28. The van der Waals surface area contributed by atoms with Crippen LogP contribution in [0.15, 0.2) is 0 Å². The van der Waals surface area contributed by atoms with Gasteiger partial charge in [0.1, 0.15) is 0 Å². The molecular weight excluding hydrogens is 289 g/mol. The highest BCUT2D eigenvalue weighted by Crippen LogP contribution is 2.26. The Morgan fingerprint density at radius 1 is 1.19 bits per heavy atom. The molecule has 21 heavy (non-hydrogen) atoms. The van der Waals surface area contributed by atoms with Gasteiger partial charge in [0.05, 0.1) is 0 Å². The molecule has 3 atom stereocenters. The molecule has 0 aromatic rings.